The van der Waals surface area contributed by atoms with E-state index >= 15 is 0 Å². The molecule has 0 radical (unpaired) electrons. The average molecular weight is 293 g/mol. The number of ether oxygens (including phenoxy) is 2. The van der Waals surface area contributed by atoms with Gasteiger partial charge in [-0.15, -0.1) is 0 Å². The van der Waals surface area contributed by atoms with E-state index in [0.29, 0.717) is 25.7 Å². The van der Waals surface area contributed by atoms with Crippen LogP contribution in [0.5, 0.6) is 0 Å². The maximum atomic E-state index is 12.1. The summed E-state index contributed by atoms with van der Waals surface area (Å²) in [5.74, 6) is 0.210. The van der Waals surface area contributed by atoms with E-state index in [0.717, 1.165) is 25.1 Å². The van der Waals surface area contributed by atoms with E-state index in [1.165, 1.54) is 0 Å². The van der Waals surface area contributed by atoms with Crippen LogP contribution >= 0.6 is 0 Å². The summed E-state index contributed by atoms with van der Waals surface area (Å²) in [5.41, 5.74) is 0.797. The van der Waals surface area contributed by atoms with Gasteiger partial charge >= 0.3 is 0 Å². The number of rotatable bonds is 11. The highest BCUT2D eigenvalue weighted by Crippen LogP contribution is 2.08. The van der Waals surface area contributed by atoms with Crippen LogP contribution in [-0.4, -0.2) is 57.2 Å². The molecule has 0 heterocycles. The topological polar surface area (TPSA) is 38.8 Å². The number of benzene rings is 1. The second kappa shape index (κ2) is 10.5. The second-order valence-electron chi connectivity index (χ2n) is 5.23. The molecule has 1 atom stereocenters. The monoisotopic (exact) mass is 293 g/mol. The van der Waals surface area contributed by atoms with Gasteiger partial charge in [0.15, 0.2) is 5.78 Å². The van der Waals surface area contributed by atoms with Gasteiger partial charge in [-0.25, -0.2) is 0 Å². The van der Waals surface area contributed by atoms with Crippen molar-refractivity contribution in [2.75, 3.05) is 40.5 Å². The van der Waals surface area contributed by atoms with Gasteiger partial charge in [-0.3, -0.25) is 9.69 Å². The van der Waals surface area contributed by atoms with E-state index in [-0.39, 0.29) is 5.78 Å². The third kappa shape index (κ3) is 6.85. The molecule has 4 nitrogen and oxygen atoms in total. The Morgan fingerprint density at radius 2 is 1.86 bits per heavy atom. The minimum Gasteiger partial charge on any atom is -0.383 e. The summed E-state index contributed by atoms with van der Waals surface area (Å²) in [5, 5.41) is 0. The third-order valence-electron chi connectivity index (χ3n) is 3.56. The van der Waals surface area contributed by atoms with Crippen LogP contribution in [0, 0.1) is 0 Å². The molecule has 1 aromatic rings. The molecule has 0 aromatic heterocycles. The number of carbonyl (C=O) groups is 1. The molecule has 1 unspecified atom stereocenters. The van der Waals surface area contributed by atoms with E-state index in [9.17, 15) is 4.79 Å². The first-order valence-corrected chi connectivity index (χ1v) is 7.49. The number of hydrogen-bond acceptors (Lipinski definition) is 4. The molecule has 0 aliphatic rings. The lowest BCUT2D eigenvalue weighted by molar-refractivity contribution is 0.0728. The summed E-state index contributed by atoms with van der Waals surface area (Å²) in [6.07, 6.45) is 1.43. The van der Waals surface area contributed by atoms with Crippen molar-refractivity contribution < 1.29 is 14.3 Å². The number of methoxy groups -OCH3 is 2. The SMILES string of the molecule is COCCN(CCCC(=O)c1ccccc1)C(C)COC. The van der Waals surface area contributed by atoms with Crippen molar-refractivity contribution in [1.82, 2.24) is 4.90 Å². The summed E-state index contributed by atoms with van der Waals surface area (Å²) in [6, 6.07) is 9.81. The Kier molecular flexibility index (Phi) is 8.90. The summed E-state index contributed by atoms with van der Waals surface area (Å²) in [6.45, 7) is 5.27. The molecule has 0 spiro atoms. The zero-order valence-corrected chi connectivity index (χ0v) is 13.4. The van der Waals surface area contributed by atoms with Crippen LogP contribution < -0.4 is 0 Å². The van der Waals surface area contributed by atoms with E-state index in [4.69, 9.17) is 9.47 Å². The van der Waals surface area contributed by atoms with Crippen molar-refractivity contribution in [2.24, 2.45) is 0 Å². The van der Waals surface area contributed by atoms with Gasteiger partial charge in [0.25, 0.3) is 0 Å². The molecule has 118 valence electrons. The number of Topliss-reactive ketones (excluding diaryl/α,β-unsaturated/α-hetero) is 1. The molecule has 0 saturated carbocycles. The molecule has 1 rings (SSSR count). The zero-order valence-electron chi connectivity index (χ0n) is 13.4. The fourth-order valence-corrected chi connectivity index (χ4v) is 2.32. The van der Waals surface area contributed by atoms with Gasteiger partial charge in [-0.1, -0.05) is 30.3 Å². The van der Waals surface area contributed by atoms with Gasteiger partial charge in [0.05, 0.1) is 13.2 Å². The Morgan fingerprint density at radius 3 is 2.48 bits per heavy atom. The molecule has 0 saturated heterocycles. The number of hydrogen-bond donors (Lipinski definition) is 0. The molecule has 0 bridgehead atoms. The van der Waals surface area contributed by atoms with Crippen molar-refractivity contribution in [3.8, 4) is 0 Å². The Balaban J connectivity index is 2.40. The molecule has 0 N–H and O–H groups in total. The van der Waals surface area contributed by atoms with Crippen LogP contribution in [0.15, 0.2) is 30.3 Å². The van der Waals surface area contributed by atoms with Crippen molar-refractivity contribution in [2.45, 2.75) is 25.8 Å². The van der Waals surface area contributed by atoms with Gasteiger partial charge in [0.2, 0.25) is 0 Å². The largest absolute Gasteiger partial charge is 0.383 e. The van der Waals surface area contributed by atoms with E-state index in [1.54, 1.807) is 14.2 Å². The first-order valence-electron chi connectivity index (χ1n) is 7.49. The van der Waals surface area contributed by atoms with Crippen molar-refractivity contribution in [3.63, 3.8) is 0 Å². The van der Waals surface area contributed by atoms with Gasteiger partial charge < -0.3 is 9.47 Å². The number of ketones is 1. The van der Waals surface area contributed by atoms with Crippen LogP contribution in [0.25, 0.3) is 0 Å². The Bertz CT molecular complexity index is 394. The number of nitrogens with zero attached hydrogens (tertiary/aromatic N) is 1. The molecule has 0 aliphatic heterocycles. The lowest BCUT2D eigenvalue weighted by Crippen LogP contribution is -2.39. The van der Waals surface area contributed by atoms with Crippen molar-refractivity contribution in [3.05, 3.63) is 35.9 Å². The van der Waals surface area contributed by atoms with Crippen LogP contribution in [0.3, 0.4) is 0 Å². The standard InChI is InChI=1S/C17H27NO3/c1-15(14-21-3)18(12-13-20-2)11-7-10-17(19)16-8-5-4-6-9-16/h4-6,8-9,15H,7,10-14H2,1-3H3. The quantitative estimate of drug-likeness (QED) is 0.588. The van der Waals surface area contributed by atoms with E-state index in [1.807, 2.05) is 30.3 Å². The second-order valence-corrected chi connectivity index (χ2v) is 5.23. The molecule has 1 aromatic carbocycles. The van der Waals surface area contributed by atoms with Gasteiger partial charge in [0, 0.05) is 38.8 Å². The van der Waals surface area contributed by atoms with Gasteiger partial charge in [-0.2, -0.15) is 0 Å². The average Bonchev–Trinajstić information content (AvgIpc) is 2.51. The zero-order chi connectivity index (χ0) is 15.5. The first kappa shape index (κ1) is 17.8. The summed E-state index contributed by atoms with van der Waals surface area (Å²) in [4.78, 5) is 14.4. The number of carbonyl (C=O) groups excluding carboxylic acids is 1. The highest BCUT2D eigenvalue weighted by Gasteiger charge is 2.14. The fourth-order valence-electron chi connectivity index (χ4n) is 2.32. The highest BCUT2D eigenvalue weighted by atomic mass is 16.5. The first-order chi connectivity index (χ1) is 10.2. The summed E-state index contributed by atoms with van der Waals surface area (Å²) in [7, 11) is 3.42. The highest BCUT2D eigenvalue weighted by molar-refractivity contribution is 5.95. The Labute approximate surface area is 128 Å². The molecule has 0 aliphatic carbocycles. The molecule has 0 amide bonds. The molecule has 21 heavy (non-hydrogen) atoms. The van der Waals surface area contributed by atoms with Crippen LogP contribution in [-0.2, 0) is 9.47 Å². The van der Waals surface area contributed by atoms with Gasteiger partial charge in [0.1, 0.15) is 0 Å². The maximum absolute atomic E-state index is 12.1. The fraction of sp³-hybridized carbons (Fsp3) is 0.588. The summed E-state index contributed by atoms with van der Waals surface area (Å²) >= 11 is 0. The van der Waals surface area contributed by atoms with Crippen molar-refractivity contribution >= 4 is 5.78 Å². The molecule has 0 fully saturated rings. The van der Waals surface area contributed by atoms with E-state index < -0.39 is 0 Å². The van der Waals surface area contributed by atoms with Gasteiger partial charge in [-0.05, 0) is 19.9 Å². The minimum atomic E-state index is 0.210. The van der Waals surface area contributed by atoms with Crippen molar-refractivity contribution in [1.29, 1.82) is 0 Å². The third-order valence-corrected chi connectivity index (χ3v) is 3.56. The smallest absolute Gasteiger partial charge is 0.162 e. The molecule has 4 heteroatoms. The normalized spacial score (nSPS) is 12.6. The summed E-state index contributed by atoms with van der Waals surface area (Å²) < 4.78 is 10.4. The van der Waals surface area contributed by atoms with E-state index in [2.05, 4.69) is 11.8 Å². The Hall–Kier alpha value is -1.23. The molecular formula is C17H27NO3. The van der Waals surface area contributed by atoms with Crippen LogP contribution in [0.1, 0.15) is 30.1 Å². The lowest BCUT2D eigenvalue weighted by Gasteiger charge is -2.28. The van der Waals surface area contributed by atoms with Crippen LogP contribution in [0.4, 0.5) is 0 Å². The predicted octanol–water partition coefficient (Wildman–Crippen LogP) is 2.63. The molecular weight excluding hydrogens is 266 g/mol. The Morgan fingerprint density at radius 1 is 1.14 bits per heavy atom. The van der Waals surface area contributed by atoms with Crippen LogP contribution in [0.2, 0.25) is 0 Å². The minimum absolute atomic E-state index is 0.210. The maximum Gasteiger partial charge on any atom is 0.162 e. The lowest BCUT2D eigenvalue weighted by atomic mass is 10.1. The predicted molar refractivity (Wildman–Crippen MR) is 84.8 cm³/mol.